The zero-order chi connectivity index (χ0) is 24.1. The molecular formula is C25H23F3N4O2. The average Bonchev–Trinajstić information content (AvgIpc) is 3.48. The minimum absolute atomic E-state index is 0.0529. The average molecular weight is 468 g/mol. The van der Waals surface area contributed by atoms with Gasteiger partial charge in [-0.15, -0.1) is 0 Å². The smallest absolute Gasteiger partial charge is 0.417 e. The molecule has 9 heteroatoms. The Hall–Kier alpha value is -3.93. The van der Waals surface area contributed by atoms with Gasteiger partial charge in [0.25, 0.3) is 0 Å². The lowest BCUT2D eigenvalue weighted by atomic mass is 10.1. The van der Waals surface area contributed by atoms with Gasteiger partial charge >= 0.3 is 6.18 Å². The predicted molar refractivity (Wildman–Crippen MR) is 121 cm³/mol. The van der Waals surface area contributed by atoms with Crippen LogP contribution in [0, 0.1) is 11.3 Å². The van der Waals surface area contributed by atoms with Crippen molar-refractivity contribution in [1.29, 1.82) is 5.26 Å². The number of hydrogen-bond acceptors (Lipinski definition) is 5. The van der Waals surface area contributed by atoms with Crippen molar-refractivity contribution >= 4 is 11.3 Å². The molecular weight excluding hydrogens is 445 g/mol. The van der Waals surface area contributed by atoms with Gasteiger partial charge in [0.2, 0.25) is 0 Å². The standard InChI is InChI=1S/C25H23F3N4O2/c1-33-21-6-8-22(9-7-21)34-11-10-32-16-30-15-24(32)17-2-4-19(12-17)31-20-5-3-18(14-29)23(13-20)25(26,27)28/h2-3,5-9,13,15-16,19,31H,4,10-12H2,1H3. The van der Waals surface area contributed by atoms with Crippen LogP contribution >= 0.6 is 0 Å². The van der Waals surface area contributed by atoms with E-state index in [-0.39, 0.29) is 11.6 Å². The van der Waals surface area contributed by atoms with E-state index in [9.17, 15) is 13.2 Å². The number of alkyl halides is 3. The first-order chi connectivity index (χ1) is 16.4. The first-order valence-electron chi connectivity index (χ1n) is 10.7. The summed E-state index contributed by atoms with van der Waals surface area (Å²) in [6.45, 7) is 1.05. The van der Waals surface area contributed by atoms with Crippen LogP contribution in [0.5, 0.6) is 11.5 Å². The van der Waals surface area contributed by atoms with Gasteiger partial charge in [-0.3, -0.25) is 0 Å². The summed E-state index contributed by atoms with van der Waals surface area (Å²) in [5, 5.41) is 12.1. The molecule has 0 bridgehead atoms. The van der Waals surface area contributed by atoms with E-state index in [2.05, 4.69) is 16.4 Å². The molecule has 34 heavy (non-hydrogen) atoms. The highest BCUT2D eigenvalue weighted by Gasteiger charge is 2.34. The van der Waals surface area contributed by atoms with Gasteiger partial charge < -0.3 is 19.4 Å². The minimum atomic E-state index is -4.58. The van der Waals surface area contributed by atoms with Gasteiger partial charge in [-0.25, -0.2) is 4.98 Å². The van der Waals surface area contributed by atoms with Crippen molar-refractivity contribution in [3.8, 4) is 17.6 Å². The van der Waals surface area contributed by atoms with E-state index < -0.39 is 11.7 Å². The maximum Gasteiger partial charge on any atom is 0.417 e. The van der Waals surface area contributed by atoms with Gasteiger partial charge in [-0.05, 0) is 60.9 Å². The van der Waals surface area contributed by atoms with Crippen molar-refractivity contribution in [3.05, 3.63) is 77.9 Å². The van der Waals surface area contributed by atoms with E-state index in [4.69, 9.17) is 14.7 Å². The summed E-state index contributed by atoms with van der Waals surface area (Å²) in [4.78, 5) is 4.26. The van der Waals surface area contributed by atoms with Gasteiger partial charge in [0.05, 0.1) is 49.1 Å². The van der Waals surface area contributed by atoms with Crippen molar-refractivity contribution in [3.63, 3.8) is 0 Å². The highest BCUT2D eigenvalue weighted by atomic mass is 19.4. The summed E-state index contributed by atoms with van der Waals surface area (Å²) in [5.74, 6) is 1.50. The highest BCUT2D eigenvalue weighted by Crippen LogP contribution is 2.35. The zero-order valence-electron chi connectivity index (χ0n) is 18.5. The van der Waals surface area contributed by atoms with E-state index in [1.165, 1.54) is 12.1 Å². The fourth-order valence-corrected chi connectivity index (χ4v) is 3.94. The van der Waals surface area contributed by atoms with Crippen molar-refractivity contribution in [2.45, 2.75) is 31.6 Å². The van der Waals surface area contributed by atoms with Crippen LogP contribution < -0.4 is 14.8 Å². The largest absolute Gasteiger partial charge is 0.497 e. The molecule has 0 amide bonds. The molecule has 0 radical (unpaired) electrons. The Morgan fingerprint density at radius 3 is 2.65 bits per heavy atom. The Bertz CT molecular complexity index is 1210. The topological polar surface area (TPSA) is 72.1 Å². The van der Waals surface area contributed by atoms with E-state index >= 15 is 0 Å². The van der Waals surface area contributed by atoms with E-state index in [1.807, 2.05) is 28.8 Å². The number of anilines is 1. The molecule has 1 aromatic heterocycles. The number of methoxy groups -OCH3 is 1. The first kappa shape index (κ1) is 23.2. The van der Waals surface area contributed by atoms with Crippen LogP contribution in [0.3, 0.4) is 0 Å². The molecule has 1 heterocycles. The molecule has 1 aliphatic carbocycles. The number of ether oxygens (including phenoxy) is 2. The maximum absolute atomic E-state index is 13.3. The van der Waals surface area contributed by atoms with Gasteiger partial charge in [0.15, 0.2) is 0 Å². The number of halogens is 3. The third-order valence-electron chi connectivity index (χ3n) is 5.63. The van der Waals surface area contributed by atoms with E-state index in [0.717, 1.165) is 28.8 Å². The SMILES string of the molecule is COc1ccc(OCCn2cncc2C2=CCC(Nc3ccc(C#N)c(C(F)(F)F)c3)C2)cc1. The molecule has 1 N–H and O–H groups in total. The van der Waals surface area contributed by atoms with Crippen LogP contribution in [0.15, 0.2) is 61.1 Å². The number of nitrogens with zero attached hydrogens (tertiary/aromatic N) is 3. The molecule has 0 aliphatic heterocycles. The number of benzene rings is 2. The molecule has 176 valence electrons. The van der Waals surface area contributed by atoms with Gasteiger partial charge in [-0.2, -0.15) is 18.4 Å². The van der Waals surface area contributed by atoms with E-state index in [1.54, 1.807) is 25.7 Å². The second kappa shape index (κ2) is 9.91. The third kappa shape index (κ3) is 5.34. The molecule has 4 rings (SSSR count). The second-order valence-corrected chi connectivity index (χ2v) is 7.88. The van der Waals surface area contributed by atoms with Crippen LogP contribution in [0.25, 0.3) is 5.57 Å². The Balaban J connectivity index is 1.35. The van der Waals surface area contributed by atoms with Crippen molar-refractivity contribution in [2.75, 3.05) is 19.0 Å². The number of imidazole rings is 1. The van der Waals surface area contributed by atoms with Crippen molar-refractivity contribution in [1.82, 2.24) is 9.55 Å². The molecule has 0 saturated carbocycles. The molecule has 3 aromatic rings. The van der Waals surface area contributed by atoms with Gasteiger partial charge in [0.1, 0.15) is 18.1 Å². The summed E-state index contributed by atoms with van der Waals surface area (Å²) in [5.41, 5.74) is 1.06. The molecule has 0 saturated heterocycles. The number of rotatable bonds is 8. The Morgan fingerprint density at radius 2 is 1.94 bits per heavy atom. The Labute approximate surface area is 195 Å². The number of nitrogens with one attached hydrogen (secondary N) is 1. The van der Waals surface area contributed by atoms with Gasteiger partial charge in [0, 0.05) is 11.7 Å². The minimum Gasteiger partial charge on any atom is -0.497 e. The van der Waals surface area contributed by atoms with Crippen LogP contribution in [-0.4, -0.2) is 29.3 Å². The predicted octanol–water partition coefficient (Wildman–Crippen LogP) is 5.52. The molecule has 1 aliphatic rings. The van der Waals surface area contributed by atoms with Crippen molar-refractivity contribution < 1.29 is 22.6 Å². The Morgan fingerprint density at radius 1 is 1.18 bits per heavy atom. The third-order valence-corrected chi connectivity index (χ3v) is 5.63. The summed E-state index contributed by atoms with van der Waals surface area (Å²) >= 11 is 0. The maximum atomic E-state index is 13.3. The Kier molecular flexibility index (Phi) is 6.77. The van der Waals surface area contributed by atoms with Crippen LogP contribution in [0.2, 0.25) is 0 Å². The van der Waals surface area contributed by atoms with Crippen LogP contribution in [0.1, 0.15) is 29.7 Å². The monoisotopic (exact) mass is 468 g/mol. The second-order valence-electron chi connectivity index (χ2n) is 7.88. The molecule has 0 fully saturated rings. The molecule has 2 aromatic carbocycles. The molecule has 0 spiro atoms. The summed E-state index contributed by atoms with van der Waals surface area (Å²) in [7, 11) is 1.61. The van der Waals surface area contributed by atoms with E-state index in [0.29, 0.717) is 31.7 Å². The van der Waals surface area contributed by atoms with Crippen LogP contribution in [0.4, 0.5) is 18.9 Å². The lowest BCUT2D eigenvalue weighted by Crippen LogP contribution is -2.17. The first-order valence-corrected chi connectivity index (χ1v) is 10.7. The lowest BCUT2D eigenvalue weighted by molar-refractivity contribution is -0.137. The summed E-state index contributed by atoms with van der Waals surface area (Å²) < 4.78 is 52.7. The van der Waals surface area contributed by atoms with Crippen LogP contribution in [-0.2, 0) is 12.7 Å². The fourth-order valence-electron chi connectivity index (χ4n) is 3.94. The van der Waals surface area contributed by atoms with Gasteiger partial charge in [-0.1, -0.05) is 6.08 Å². The lowest BCUT2D eigenvalue weighted by Gasteiger charge is -2.17. The molecule has 1 unspecified atom stereocenters. The zero-order valence-corrected chi connectivity index (χ0v) is 18.5. The quantitative estimate of drug-likeness (QED) is 0.471. The number of nitriles is 1. The molecule has 6 nitrogen and oxygen atoms in total. The fraction of sp³-hybridized carbons (Fsp3) is 0.280. The normalized spacial score (nSPS) is 15.5. The highest BCUT2D eigenvalue weighted by molar-refractivity contribution is 5.67. The number of aromatic nitrogens is 2. The summed E-state index contributed by atoms with van der Waals surface area (Å²) in [6.07, 6.45) is 2.33. The molecule has 1 atom stereocenters. The number of hydrogen-bond donors (Lipinski definition) is 1. The van der Waals surface area contributed by atoms with Crippen molar-refractivity contribution in [2.24, 2.45) is 0 Å². The summed E-state index contributed by atoms with van der Waals surface area (Å²) in [6, 6.07) is 12.6.